The number of hydrogen-bond acceptors (Lipinski definition) is 4. The summed E-state index contributed by atoms with van der Waals surface area (Å²) in [7, 11) is 4.92. The van der Waals surface area contributed by atoms with Crippen molar-refractivity contribution in [2.24, 2.45) is 11.8 Å². The summed E-state index contributed by atoms with van der Waals surface area (Å²) in [5, 5.41) is 3.56. The van der Waals surface area contributed by atoms with E-state index in [0.29, 0.717) is 17.2 Å². The van der Waals surface area contributed by atoms with Crippen LogP contribution in [-0.2, 0) is 6.54 Å². The summed E-state index contributed by atoms with van der Waals surface area (Å²) in [6.45, 7) is 4.26. The third-order valence-corrected chi connectivity index (χ3v) is 4.50. The number of ether oxygens (including phenoxy) is 3. The van der Waals surface area contributed by atoms with Crippen molar-refractivity contribution in [3.63, 3.8) is 0 Å². The first-order valence-electron chi connectivity index (χ1n) is 7.69. The molecule has 2 rings (SSSR count). The van der Waals surface area contributed by atoms with Gasteiger partial charge in [-0.3, -0.25) is 0 Å². The number of hydrogen-bond donors (Lipinski definition) is 1. The lowest BCUT2D eigenvalue weighted by molar-refractivity contribution is 0.323. The van der Waals surface area contributed by atoms with Gasteiger partial charge in [-0.05, 0) is 42.5 Å². The molecule has 0 aliphatic heterocycles. The topological polar surface area (TPSA) is 39.7 Å². The lowest BCUT2D eigenvalue weighted by Gasteiger charge is -2.17. The molecule has 0 spiro atoms. The Hall–Kier alpha value is -1.42. The van der Waals surface area contributed by atoms with Gasteiger partial charge in [-0.1, -0.05) is 19.8 Å². The van der Waals surface area contributed by atoms with Crippen molar-refractivity contribution in [2.75, 3.05) is 27.9 Å². The molecule has 118 valence electrons. The molecular weight excluding hydrogens is 266 g/mol. The van der Waals surface area contributed by atoms with Gasteiger partial charge in [0.15, 0.2) is 11.5 Å². The molecule has 2 unspecified atom stereocenters. The Labute approximate surface area is 127 Å². The van der Waals surface area contributed by atoms with E-state index in [4.69, 9.17) is 14.2 Å². The van der Waals surface area contributed by atoms with E-state index in [-0.39, 0.29) is 0 Å². The highest BCUT2D eigenvalue weighted by Gasteiger charge is 2.22. The number of rotatable bonds is 7. The third kappa shape index (κ3) is 3.82. The maximum atomic E-state index is 5.38. The molecule has 1 fully saturated rings. The van der Waals surface area contributed by atoms with Crippen molar-refractivity contribution in [2.45, 2.75) is 32.7 Å². The van der Waals surface area contributed by atoms with Crippen molar-refractivity contribution in [3.8, 4) is 17.2 Å². The van der Waals surface area contributed by atoms with E-state index in [0.717, 1.165) is 30.5 Å². The normalized spacial score (nSPS) is 21.3. The molecule has 1 N–H and O–H groups in total. The zero-order valence-electron chi connectivity index (χ0n) is 13.6. The van der Waals surface area contributed by atoms with Gasteiger partial charge in [0.25, 0.3) is 0 Å². The van der Waals surface area contributed by atoms with Gasteiger partial charge in [0.2, 0.25) is 5.75 Å². The Bertz CT molecular complexity index is 436. The van der Waals surface area contributed by atoms with Crippen LogP contribution in [0.3, 0.4) is 0 Å². The zero-order chi connectivity index (χ0) is 15.2. The summed E-state index contributed by atoms with van der Waals surface area (Å²) in [6.07, 6.45) is 4.09. The summed E-state index contributed by atoms with van der Waals surface area (Å²) in [6, 6.07) is 4.01. The summed E-state index contributed by atoms with van der Waals surface area (Å²) in [4.78, 5) is 0. The SMILES string of the molecule is COc1cc(CNCC2CCCC2C)cc(OC)c1OC. The lowest BCUT2D eigenvalue weighted by Crippen LogP contribution is -2.24. The van der Waals surface area contributed by atoms with Crippen LogP contribution in [0.25, 0.3) is 0 Å². The molecule has 21 heavy (non-hydrogen) atoms. The number of benzene rings is 1. The Morgan fingerprint density at radius 1 is 1.05 bits per heavy atom. The quantitative estimate of drug-likeness (QED) is 0.838. The molecule has 4 nitrogen and oxygen atoms in total. The molecule has 0 bridgehead atoms. The maximum Gasteiger partial charge on any atom is 0.203 e. The molecule has 1 aromatic carbocycles. The second-order valence-electron chi connectivity index (χ2n) is 5.83. The predicted molar refractivity (Wildman–Crippen MR) is 84.3 cm³/mol. The molecule has 1 saturated carbocycles. The van der Waals surface area contributed by atoms with Crippen LogP contribution in [0, 0.1) is 11.8 Å². The largest absolute Gasteiger partial charge is 0.493 e. The number of methoxy groups -OCH3 is 3. The molecule has 0 saturated heterocycles. The standard InChI is InChI=1S/C17H27NO3/c1-12-6-5-7-14(12)11-18-10-13-8-15(19-2)17(21-4)16(9-13)20-3/h8-9,12,14,18H,5-7,10-11H2,1-4H3. The van der Waals surface area contributed by atoms with Gasteiger partial charge in [0.1, 0.15) is 0 Å². The van der Waals surface area contributed by atoms with Crippen LogP contribution in [0.4, 0.5) is 0 Å². The van der Waals surface area contributed by atoms with Crippen molar-refractivity contribution < 1.29 is 14.2 Å². The van der Waals surface area contributed by atoms with Gasteiger partial charge in [0, 0.05) is 6.54 Å². The van der Waals surface area contributed by atoms with Gasteiger partial charge >= 0.3 is 0 Å². The molecule has 1 aliphatic rings. The monoisotopic (exact) mass is 293 g/mol. The van der Waals surface area contributed by atoms with Crippen LogP contribution >= 0.6 is 0 Å². The Morgan fingerprint density at radius 3 is 2.19 bits per heavy atom. The van der Waals surface area contributed by atoms with Crippen LogP contribution in [0.1, 0.15) is 31.7 Å². The highest BCUT2D eigenvalue weighted by atomic mass is 16.5. The lowest BCUT2D eigenvalue weighted by atomic mass is 9.98. The molecule has 0 radical (unpaired) electrons. The molecule has 0 heterocycles. The molecule has 2 atom stereocenters. The van der Waals surface area contributed by atoms with Gasteiger partial charge < -0.3 is 19.5 Å². The summed E-state index contributed by atoms with van der Waals surface area (Å²) in [5.74, 6) is 3.73. The van der Waals surface area contributed by atoms with Crippen molar-refractivity contribution in [1.29, 1.82) is 0 Å². The summed E-state index contributed by atoms with van der Waals surface area (Å²) >= 11 is 0. The van der Waals surface area contributed by atoms with E-state index in [9.17, 15) is 0 Å². The van der Waals surface area contributed by atoms with Crippen molar-refractivity contribution in [3.05, 3.63) is 17.7 Å². The predicted octanol–water partition coefficient (Wildman–Crippen LogP) is 3.24. The minimum atomic E-state index is 0.646. The summed E-state index contributed by atoms with van der Waals surface area (Å²) < 4.78 is 16.1. The van der Waals surface area contributed by atoms with E-state index in [1.807, 2.05) is 12.1 Å². The Balaban J connectivity index is 1.99. The molecule has 0 aromatic heterocycles. The van der Waals surface area contributed by atoms with Gasteiger partial charge in [-0.25, -0.2) is 0 Å². The smallest absolute Gasteiger partial charge is 0.203 e. The molecule has 1 aliphatic carbocycles. The molecule has 4 heteroatoms. The van der Waals surface area contributed by atoms with E-state index in [1.165, 1.54) is 19.3 Å². The highest BCUT2D eigenvalue weighted by Crippen LogP contribution is 2.38. The second-order valence-corrected chi connectivity index (χ2v) is 5.83. The van der Waals surface area contributed by atoms with E-state index in [2.05, 4.69) is 12.2 Å². The average molecular weight is 293 g/mol. The summed E-state index contributed by atoms with van der Waals surface area (Å²) in [5.41, 5.74) is 1.15. The Morgan fingerprint density at radius 2 is 1.71 bits per heavy atom. The first-order chi connectivity index (χ1) is 10.2. The molecular formula is C17H27NO3. The van der Waals surface area contributed by atoms with Gasteiger partial charge in [-0.2, -0.15) is 0 Å². The van der Waals surface area contributed by atoms with Gasteiger partial charge in [-0.15, -0.1) is 0 Å². The first kappa shape index (κ1) is 16.0. The van der Waals surface area contributed by atoms with Crippen LogP contribution in [-0.4, -0.2) is 27.9 Å². The highest BCUT2D eigenvalue weighted by molar-refractivity contribution is 5.53. The van der Waals surface area contributed by atoms with Crippen LogP contribution in [0.2, 0.25) is 0 Å². The molecule has 1 aromatic rings. The molecule has 0 amide bonds. The van der Waals surface area contributed by atoms with Crippen molar-refractivity contribution in [1.82, 2.24) is 5.32 Å². The zero-order valence-corrected chi connectivity index (χ0v) is 13.6. The fourth-order valence-electron chi connectivity index (χ4n) is 3.16. The second kappa shape index (κ2) is 7.55. The first-order valence-corrected chi connectivity index (χ1v) is 7.69. The minimum Gasteiger partial charge on any atom is -0.493 e. The minimum absolute atomic E-state index is 0.646. The fourth-order valence-corrected chi connectivity index (χ4v) is 3.16. The van der Waals surface area contributed by atoms with Crippen LogP contribution in [0.5, 0.6) is 17.2 Å². The number of nitrogens with one attached hydrogen (secondary N) is 1. The maximum absolute atomic E-state index is 5.38. The Kier molecular flexibility index (Phi) is 5.74. The van der Waals surface area contributed by atoms with E-state index in [1.54, 1.807) is 21.3 Å². The van der Waals surface area contributed by atoms with Crippen LogP contribution in [0.15, 0.2) is 12.1 Å². The van der Waals surface area contributed by atoms with Crippen molar-refractivity contribution >= 4 is 0 Å². The van der Waals surface area contributed by atoms with E-state index < -0.39 is 0 Å². The van der Waals surface area contributed by atoms with E-state index >= 15 is 0 Å². The van der Waals surface area contributed by atoms with Crippen LogP contribution < -0.4 is 19.5 Å². The fraction of sp³-hybridized carbons (Fsp3) is 0.647. The average Bonchev–Trinajstić information content (AvgIpc) is 2.91. The third-order valence-electron chi connectivity index (χ3n) is 4.50. The van der Waals surface area contributed by atoms with Gasteiger partial charge in [0.05, 0.1) is 21.3 Å².